The quantitative estimate of drug-likeness (QED) is 0.847. The number of rotatable bonds is 5. The van der Waals surface area contributed by atoms with Crippen molar-refractivity contribution in [1.82, 2.24) is 14.9 Å². The lowest BCUT2D eigenvalue weighted by molar-refractivity contribution is -0.140. The van der Waals surface area contributed by atoms with Crippen LogP contribution in [0.15, 0.2) is 49.1 Å². The molecule has 4 heterocycles. The second kappa shape index (κ2) is 6.26. The normalized spacial score (nSPS) is 22.9. The van der Waals surface area contributed by atoms with Gasteiger partial charge in [0.25, 0.3) is 0 Å². The van der Waals surface area contributed by atoms with Crippen LogP contribution in [0.3, 0.4) is 0 Å². The van der Waals surface area contributed by atoms with Crippen LogP contribution in [-0.4, -0.2) is 46.8 Å². The van der Waals surface area contributed by atoms with Crippen molar-refractivity contribution in [2.45, 2.75) is 18.6 Å². The highest BCUT2D eigenvalue weighted by Crippen LogP contribution is 2.40. The highest BCUT2D eigenvalue weighted by atomic mass is 16.5. The minimum absolute atomic E-state index is 0.0234. The van der Waals surface area contributed by atoms with Crippen LogP contribution in [0.4, 0.5) is 0 Å². The van der Waals surface area contributed by atoms with Gasteiger partial charge >= 0.3 is 0 Å². The van der Waals surface area contributed by atoms with Crippen molar-refractivity contribution < 1.29 is 9.47 Å². The summed E-state index contributed by atoms with van der Waals surface area (Å²) in [5.74, 6) is 1.29. The molecule has 0 bridgehead atoms. The zero-order chi connectivity index (χ0) is 15.5. The van der Waals surface area contributed by atoms with Gasteiger partial charge < -0.3 is 9.47 Å². The van der Waals surface area contributed by atoms with Gasteiger partial charge in [0.05, 0.1) is 18.4 Å². The number of hydrogen-bond acceptors (Lipinski definition) is 5. The molecule has 2 aromatic heterocycles. The van der Waals surface area contributed by atoms with Gasteiger partial charge in [0.15, 0.2) is 0 Å². The molecule has 1 spiro atoms. The number of aromatic nitrogens is 2. The summed E-state index contributed by atoms with van der Waals surface area (Å²) < 4.78 is 12.0. The molecule has 2 aliphatic heterocycles. The minimum atomic E-state index is -0.0234. The summed E-state index contributed by atoms with van der Waals surface area (Å²) in [4.78, 5) is 10.7. The zero-order valence-electron chi connectivity index (χ0n) is 13.1. The molecule has 0 N–H and O–H groups in total. The standard InChI is InChI=1S/C18H21N3O2/c1-3-15(9-19-6-1)11-21-13-18(14-21)16(5-8-23-18)12-22-17-4-2-7-20-10-17/h1-4,6-7,9-10,16H,5,8,11-14H2/t16-/m1/s1. The Labute approximate surface area is 136 Å². The topological polar surface area (TPSA) is 47.5 Å². The van der Waals surface area contributed by atoms with Crippen LogP contribution < -0.4 is 4.74 Å². The predicted molar refractivity (Wildman–Crippen MR) is 86.0 cm³/mol. The molecule has 2 saturated heterocycles. The minimum Gasteiger partial charge on any atom is -0.492 e. The van der Waals surface area contributed by atoms with Crippen LogP contribution in [0.25, 0.3) is 0 Å². The summed E-state index contributed by atoms with van der Waals surface area (Å²) >= 11 is 0. The first-order chi connectivity index (χ1) is 11.3. The maximum absolute atomic E-state index is 6.09. The van der Waals surface area contributed by atoms with Gasteiger partial charge in [-0.15, -0.1) is 0 Å². The third-order valence-electron chi connectivity index (χ3n) is 4.80. The molecule has 0 amide bonds. The molecule has 2 fully saturated rings. The van der Waals surface area contributed by atoms with Crippen molar-refractivity contribution in [1.29, 1.82) is 0 Å². The van der Waals surface area contributed by atoms with E-state index in [1.54, 1.807) is 12.4 Å². The van der Waals surface area contributed by atoms with Gasteiger partial charge in [0, 0.05) is 50.7 Å². The van der Waals surface area contributed by atoms with Crippen LogP contribution in [0.5, 0.6) is 5.75 Å². The lowest BCUT2D eigenvalue weighted by Gasteiger charge is -2.50. The molecular formula is C18H21N3O2. The molecule has 23 heavy (non-hydrogen) atoms. The summed E-state index contributed by atoms with van der Waals surface area (Å²) in [6, 6.07) is 7.96. The molecule has 0 unspecified atom stereocenters. The maximum atomic E-state index is 6.09. The molecule has 5 heteroatoms. The van der Waals surface area contributed by atoms with Gasteiger partial charge in [-0.2, -0.15) is 0 Å². The van der Waals surface area contributed by atoms with Crippen LogP contribution in [0.1, 0.15) is 12.0 Å². The van der Waals surface area contributed by atoms with Crippen molar-refractivity contribution in [3.05, 3.63) is 54.6 Å². The van der Waals surface area contributed by atoms with Crippen LogP contribution in [-0.2, 0) is 11.3 Å². The third-order valence-corrected chi connectivity index (χ3v) is 4.80. The monoisotopic (exact) mass is 311 g/mol. The number of hydrogen-bond donors (Lipinski definition) is 0. The Balaban J connectivity index is 1.32. The Morgan fingerprint density at radius 1 is 1.17 bits per heavy atom. The second-order valence-electron chi connectivity index (χ2n) is 6.41. The van der Waals surface area contributed by atoms with E-state index in [-0.39, 0.29) is 5.60 Å². The van der Waals surface area contributed by atoms with Crippen molar-refractivity contribution in [3.63, 3.8) is 0 Å². The van der Waals surface area contributed by atoms with Crippen molar-refractivity contribution in [2.75, 3.05) is 26.3 Å². The number of ether oxygens (including phenoxy) is 2. The van der Waals surface area contributed by atoms with Gasteiger partial charge in [-0.05, 0) is 30.2 Å². The molecule has 120 valence electrons. The molecule has 1 atom stereocenters. The first-order valence-corrected chi connectivity index (χ1v) is 8.12. The molecule has 2 aromatic rings. The van der Waals surface area contributed by atoms with Crippen molar-refractivity contribution in [2.24, 2.45) is 5.92 Å². The SMILES string of the molecule is c1cncc(CN2CC3(C2)OCC[C@@H]3COc2cccnc2)c1. The van der Waals surface area contributed by atoms with E-state index in [1.807, 2.05) is 30.6 Å². The highest BCUT2D eigenvalue weighted by Gasteiger charge is 2.53. The molecule has 4 rings (SSSR count). The fourth-order valence-electron chi connectivity index (χ4n) is 3.57. The van der Waals surface area contributed by atoms with Crippen LogP contribution in [0.2, 0.25) is 0 Å². The van der Waals surface area contributed by atoms with E-state index in [0.29, 0.717) is 12.5 Å². The molecule has 0 saturated carbocycles. The number of nitrogens with zero attached hydrogens (tertiary/aromatic N) is 3. The van der Waals surface area contributed by atoms with E-state index in [4.69, 9.17) is 9.47 Å². The zero-order valence-corrected chi connectivity index (χ0v) is 13.1. The lowest BCUT2D eigenvalue weighted by atomic mass is 9.81. The molecule has 0 radical (unpaired) electrons. The average Bonchev–Trinajstić information content (AvgIpc) is 2.98. The van der Waals surface area contributed by atoms with Gasteiger partial charge in [0.1, 0.15) is 5.75 Å². The van der Waals surface area contributed by atoms with E-state index in [0.717, 1.165) is 38.4 Å². The number of likely N-dealkylation sites (tertiary alicyclic amines) is 1. The van der Waals surface area contributed by atoms with E-state index in [1.165, 1.54) is 5.56 Å². The molecule has 5 nitrogen and oxygen atoms in total. The summed E-state index contributed by atoms with van der Waals surface area (Å²) in [7, 11) is 0. The summed E-state index contributed by atoms with van der Waals surface area (Å²) in [5.41, 5.74) is 1.23. The molecule has 0 aromatic carbocycles. The van der Waals surface area contributed by atoms with E-state index < -0.39 is 0 Å². The first kappa shape index (κ1) is 14.6. The Kier molecular flexibility index (Phi) is 3.97. The van der Waals surface area contributed by atoms with Gasteiger partial charge in [0.2, 0.25) is 0 Å². The van der Waals surface area contributed by atoms with E-state index in [2.05, 4.69) is 20.9 Å². The summed E-state index contributed by atoms with van der Waals surface area (Å²) in [6.45, 7) is 4.43. The highest BCUT2D eigenvalue weighted by molar-refractivity contribution is 5.16. The Hall–Kier alpha value is -1.98. The number of pyridine rings is 2. The summed E-state index contributed by atoms with van der Waals surface area (Å²) in [6.07, 6.45) is 8.34. The Morgan fingerprint density at radius 2 is 2.00 bits per heavy atom. The Bertz CT molecular complexity index is 629. The molecule has 0 aliphatic carbocycles. The maximum Gasteiger partial charge on any atom is 0.137 e. The predicted octanol–water partition coefficient (Wildman–Crippen LogP) is 2.15. The fourth-order valence-corrected chi connectivity index (χ4v) is 3.57. The largest absolute Gasteiger partial charge is 0.492 e. The Morgan fingerprint density at radius 3 is 2.74 bits per heavy atom. The van der Waals surface area contributed by atoms with Gasteiger partial charge in [-0.1, -0.05) is 6.07 Å². The first-order valence-electron chi connectivity index (χ1n) is 8.12. The third kappa shape index (κ3) is 3.07. The van der Waals surface area contributed by atoms with Gasteiger partial charge in [-0.3, -0.25) is 14.9 Å². The fraction of sp³-hybridized carbons (Fsp3) is 0.444. The van der Waals surface area contributed by atoms with Crippen molar-refractivity contribution in [3.8, 4) is 5.75 Å². The summed E-state index contributed by atoms with van der Waals surface area (Å²) in [5, 5.41) is 0. The second-order valence-corrected chi connectivity index (χ2v) is 6.41. The van der Waals surface area contributed by atoms with E-state index in [9.17, 15) is 0 Å². The molecule has 2 aliphatic rings. The lowest BCUT2D eigenvalue weighted by Crippen LogP contribution is -2.64. The smallest absolute Gasteiger partial charge is 0.137 e. The average molecular weight is 311 g/mol. The van der Waals surface area contributed by atoms with Crippen LogP contribution in [0, 0.1) is 5.92 Å². The van der Waals surface area contributed by atoms with E-state index >= 15 is 0 Å². The van der Waals surface area contributed by atoms with Crippen molar-refractivity contribution >= 4 is 0 Å². The van der Waals surface area contributed by atoms with Gasteiger partial charge in [-0.25, -0.2) is 0 Å². The molecular weight excluding hydrogens is 290 g/mol. The van der Waals surface area contributed by atoms with Crippen LogP contribution >= 0.6 is 0 Å².